The van der Waals surface area contributed by atoms with Gasteiger partial charge >= 0.3 is 0 Å². The highest BCUT2D eigenvalue weighted by Crippen LogP contribution is 2.34. The maximum absolute atomic E-state index is 4.89. The number of rotatable bonds is 4. The molecule has 5 heterocycles. The molecule has 5 aromatic rings. The minimum absolute atomic E-state index is 0.393. The lowest BCUT2D eigenvalue weighted by Crippen LogP contribution is -2.12. The van der Waals surface area contributed by atoms with Crippen molar-refractivity contribution in [3.8, 4) is 22.3 Å². The first-order chi connectivity index (χ1) is 16.8. The lowest BCUT2D eigenvalue weighted by molar-refractivity contribution is 0.632. The minimum Gasteiger partial charge on any atom is -0.309 e. The number of benzene rings is 1. The molecule has 1 aliphatic carbocycles. The first kappa shape index (κ1) is 20.0. The van der Waals surface area contributed by atoms with E-state index in [0.717, 1.165) is 23.5 Å². The van der Waals surface area contributed by atoms with Gasteiger partial charge in [-0.05, 0) is 78.7 Å². The van der Waals surface area contributed by atoms with Gasteiger partial charge in [0.25, 0.3) is 0 Å². The Kier molecular flexibility index (Phi) is 4.76. The van der Waals surface area contributed by atoms with Crippen LogP contribution in [-0.4, -0.2) is 25.3 Å². The Hall–Kier alpha value is -3.44. The highest BCUT2D eigenvalue weighted by molar-refractivity contribution is 5.71. The van der Waals surface area contributed by atoms with Crippen molar-refractivity contribution in [2.24, 2.45) is 0 Å². The van der Waals surface area contributed by atoms with Crippen molar-refractivity contribution in [1.29, 1.82) is 0 Å². The molecule has 2 fully saturated rings. The third-order valence-electron chi connectivity index (χ3n) is 7.68. The molecule has 0 spiro atoms. The summed E-state index contributed by atoms with van der Waals surface area (Å²) in [6, 6.07) is 17.9. The zero-order chi connectivity index (χ0) is 22.5. The fourth-order valence-corrected chi connectivity index (χ4v) is 5.74. The van der Waals surface area contributed by atoms with Gasteiger partial charge in [-0.3, -0.25) is 0 Å². The summed E-state index contributed by atoms with van der Waals surface area (Å²) in [5.41, 5.74) is 9.31. The number of hydrogen-bond donors (Lipinski definition) is 1. The van der Waals surface area contributed by atoms with Crippen LogP contribution in [0.5, 0.6) is 0 Å². The normalized spacial score (nSPS) is 19.0. The molecule has 1 saturated carbocycles. The number of nitrogens with zero attached hydrogens (tertiary/aromatic N) is 4. The van der Waals surface area contributed by atoms with E-state index < -0.39 is 0 Å². The fraction of sp³-hybridized carbons (Fsp3) is 0.310. The summed E-state index contributed by atoms with van der Waals surface area (Å²) in [5.74, 6) is 0.640. The van der Waals surface area contributed by atoms with Crippen molar-refractivity contribution in [2.75, 3.05) is 6.54 Å². The van der Waals surface area contributed by atoms with Gasteiger partial charge in [-0.2, -0.15) is 0 Å². The highest BCUT2D eigenvalue weighted by Gasteiger charge is 2.20. The van der Waals surface area contributed by atoms with Gasteiger partial charge in [0, 0.05) is 30.7 Å². The topological polar surface area (TPSA) is 46.6 Å². The maximum atomic E-state index is 4.89. The van der Waals surface area contributed by atoms with E-state index in [1.807, 2.05) is 0 Å². The van der Waals surface area contributed by atoms with E-state index in [1.54, 1.807) is 0 Å². The molecule has 7 rings (SSSR count). The monoisotopic (exact) mass is 447 g/mol. The largest absolute Gasteiger partial charge is 0.309 e. The second-order valence-corrected chi connectivity index (χ2v) is 9.91. The van der Waals surface area contributed by atoms with Crippen LogP contribution < -0.4 is 5.32 Å². The third-order valence-corrected chi connectivity index (χ3v) is 7.68. The Morgan fingerprint density at radius 1 is 0.588 bits per heavy atom. The van der Waals surface area contributed by atoms with Crippen molar-refractivity contribution >= 4 is 11.3 Å². The van der Waals surface area contributed by atoms with E-state index in [2.05, 4.69) is 87.4 Å². The van der Waals surface area contributed by atoms with E-state index >= 15 is 0 Å². The number of nitrogens with one attached hydrogen (secondary N) is 1. The molecular formula is C29H29N5. The van der Waals surface area contributed by atoms with Crippen LogP contribution in [0.4, 0.5) is 0 Å². The summed E-state index contributed by atoms with van der Waals surface area (Å²) in [6.07, 6.45) is 16.4. The van der Waals surface area contributed by atoms with Crippen LogP contribution in [0.2, 0.25) is 0 Å². The van der Waals surface area contributed by atoms with Crippen LogP contribution in [0.1, 0.15) is 61.9 Å². The van der Waals surface area contributed by atoms with Crippen LogP contribution in [0.15, 0.2) is 73.3 Å². The molecule has 1 aromatic carbocycles. The summed E-state index contributed by atoms with van der Waals surface area (Å²) >= 11 is 0. The van der Waals surface area contributed by atoms with Crippen LogP contribution in [0.25, 0.3) is 33.5 Å². The van der Waals surface area contributed by atoms with E-state index in [-0.39, 0.29) is 0 Å². The summed E-state index contributed by atoms with van der Waals surface area (Å²) in [4.78, 5) is 9.71. The molecular weight excluding hydrogens is 418 g/mol. The Labute approximate surface area is 199 Å². The molecule has 5 nitrogen and oxygen atoms in total. The quantitative estimate of drug-likeness (QED) is 0.347. The predicted octanol–water partition coefficient (Wildman–Crippen LogP) is 6.40. The fourth-order valence-electron chi connectivity index (χ4n) is 5.74. The van der Waals surface area contributed by atoms with Gasteiger partial charge in [0.1, 0.15) is 11.3 Å². The molecule has 0 unspecified atom stereocenters. The van der Waals surface area contributed by atoms with E-state index in [1.165, 1.54) is 66.5 Å². The molecule has 0 bridgehead atoms. The van der Waals surface area contributed by atoms with Crippen molar-refractivity contribution < 1.29 is 0 Å². The zero-order valence-electron chi connectivity index (χ0n) is 19.3. The van der Waals surface area contributed by atoms with Crippen molar-refractivity contribution in [3.63, 3.8) is 0 Å². The van der Waals surface area contributed by atoms with E-state index in [9.17, 15) is 0 Å². The summed E-state index contributed by atoms with van der Waals surface area (Å²) in [6.45, 7) is 1.09. The lowest BCUT2D eigenvalue weighted by atomic mass is 10.0. The standard InChI is InChI=1S/C29H29N5/c1-2-5-22(4-1)26-18-33-16-23(11-13-28(33)31-26)20-7-9-21(10-8-20)24-12-14-29-32-27(19-34(29)17-24)25-6-3-15-30-25/h7-14,16-19,22,25,30H,1-6,15H2/t25-/m1/s1. The molecule has 0 radical (unpaired) electrons. The molecule has 4 aromatic heterocycles. The second-order valence-electron chi connectivity index (χ2n) is 9.91. The number of aromatic nitrogens is 4. The molecule has 5 heteroatoms. The second kappa shape index (κ2) is 8.10. The molecule has 2 aliphatic rings. The van der Waals surface area contributed by atoms with Crippen LogP contribution in [0, 0.1) is 0 Å². The SMILES string of the molecule is c1cc(-c2ccc3nc([C@H]4CCCN4)cn3c2)ccc1-c1ccc2nc(C3CCCC3)cn2c1. The third kappa shape index (κ3) is 3.51. The molecule has 170 valence electrons. The average molecular weight is 448 g/mol. The van der Waals surface area contributed by atoms with Gasteiger partial charge in [0.15, 0.2) is 0 Å². The minimum atomic E-state index is 0.393. The van der Waals surface area contributed by atoms with Crippen molar-refractivity contribution in [2.45, 2.75) is 50.5 Å². The van der Waals surface area contributed by atoms with E-state index in [0.29, 0.717) is 12.0 Å². The van der Waals surface area contributed by atoms with Gasteiger partial charge < -0.3 is 14.1 Å². The summed E-state index contributed by atoms with van der Waals surface area (Å²) in [5, 5.41) is 3.55. The average Bonchev–Trinajstić information content (AvgIpc) is 3.69. The van der Waals surface area contributed by atoms with Crippen molar-refractivity contribution in [3.05, 3.63) is 84.7 Å². The van der Waals surface area contributed by atoms with E-state index in [4.69, 9.17) is 9.97 Å². The van der Waals surface area contributed by atoms with Gasteiger partial charge in [-0.25, -0.2) is 9.97 Å². The van der Waals surface area contributed by atoms with Crippen LogP contribution in [0.3, 0.4) is 0 Å². The molecule has 0 amide bonds. The van der Waals surface area contributed by atoms with Crippen LogP contribution in [-0.2, 0) is 0 Å². The molecule has 34 heavy (non-hydrogen) atoms. The highest BCUT2D eigenvalue weighted by atomic mass is 15.0. The lowest BCUT2D eigenvalue weighted by Gasteiger charge is -2.06. The Morgan fingerprint density at radius 2 is 1.15 bits per heavy atom. The molecule has 1 atom stereocenters. The first-order valence-corrected chi connectivity index (χ1v) is 12.6. The Balaban J connectivity index is 1.16. The maximum Gasteiger partial charge on any atom is 0.137 e. The Bertz CT molecular complexity index is 1350. The molecule has 1 saturated heterocycles. The number of hydrogen-bond acceptors (Lipinski definition) is 3. The predicted molar refractivity (Wildman–Crippen MR) is 136 cm³/mol. The Morgan fingerprint density at radius 3 is 1.74 bits per heavy atom. The number of pyridine rings is 2. The van der Waals surface area contributed by atoms with Crippen LogP contribution >= 0.6 is 0 Å². The summed E-state index contributed by atoms with van der Waals surface area (Å²) in [7, 11) is 0. The van der Waals surface area contributed by atoms with Gasteiger partial charge in [-0.1, -0.05) is 37.1 Å². The van der Waals surface area contributed by atoms with Gasteiger partial charge in [0.05, 0.1) is 17.4 Å². The number of fused-ring (bicyclic) bond motifs is 2. The summed E-state index contributed by atoms with van der Waals surface area (Å²) < 4.78 is 4.36. The zero-order valence-corrected chi connectivity index (χ0v) is 19.3. The van der Waals surface area contributed by atoms with Gasteiger partial charge in [0.2, 0.25) is 0 Å². The molecule has 1 N–H and O–H groups in total. The first-order valence-electron chi connectivity index (χ1n) is 12.6. The smallest absolute Gasteiger partial charge is 0.137 e. The van der Waals surface area contributed by atoms with Gasteiger partial charge in [-0.15, -0.1) is 0 Å². The number of imidazole rings is 2. The van der Waals surface area contributed by atoms with Crippen molar-refractivity contribution in [1.82, 2.24) is 24.1 Å². The molecule has 1 aliphatic heterocycles.